The standard InChI is InChI=1S/C11H20O8/c1-4-7(13)9(15)6(3-17-4)19-11-10(16)8(14)5(12)2-18-11/h4-16H,2-3H2,1H3. The predicted molar refractivity (Wildman–Crippen MR) is 60.1 cm³/mol. The first-order valence-electron chi connectivity index (χ1n) is 6.21. The van der Waals surface area contributed by atoms with Gasteiger partial charge in [0, 0.05) is 0 Å². The molecule has 8 unspecified atom stereocenters. The summed E-state index contributed by atoms with van der Waals surface area (Å²) < 4.78 is 15.6. The fourth-order valence-corrected chi connectivity index (χ4v) is 2.13. The highest BCUT2D eigenvalue weighted by atomic mass is 16.7. The minimum atomic E-state index is -1.44. The smallest absolute Gasteiger partial charge is 0.186 e. The maximum Gasteiger partial charge on any atom is 0.186 e. The van der Waals surface area contributed by atoms with E-state index < -0.39 is 49.0 Å². The van der Waals surface area contributed by atoms with E-state index in [1.54, 1.807) is 6.92 Å². The van der Waals surface area contributed by atoms with Gasteiger partial charge in [0.25, 0.3) is 0 Å². The third-order valence-corrected chi connectivity index (χ3v) is 3.50. The zero-order valence-electron chi connectivity index (χ0n) is 10.5. The normalized spacial score (nSPS) is 52.1. The van der Waals surface area contributed by atoms with E-state index in [1.165, 1.54) is 0 Å². The molecule has 2 aliphatic heterocycles. The molecule has 2 rings (SSSR count). The van der Waals surface area contributed by atoms with Crippen molar-refractivity contribution in [2.45, 2.75) is 55.9 Å². The minimum absolute atomic E-state index is 0.0324. The lowest BCUT2D eigenvalue weighted by atomic mass is 10.0. The lowest BCUT2D eigenvalue weighted by Crippen LogP contribution is -2.58. The van der Waals surface area contributed by atoms with E-state index in [1.807, 2.05) is 0 Å². The summed E-state index contributed by atoms with van der Waals surface area (Å²) in [4.78, 5) is 0. The Bertz CT molecular complexity index is 272. The van der Waals surface area contributed by atoms with Crippen LogP contribution in [0.2, 0.25) is 0 Å². The van der Waals surface area contributed by atoms with E-state index >= 15 is 0 Å². The molecular formula is C11H20O8. The SMILES string of the molecule is CC1OCC(OC2OCC(O)C(O)C2O)C(O)C1O. The Morgan fingerprint density at radius 2 is 1.53 bits per heavy atom. The monoisotopic (exact) mass is 280 g/mol. The number of aliphatic hydroxyl groups excluding tert-OH is 5. The summed E-state index contributed by atoms with van der Waals surface area (Å²) in [6.07, 6.45) is -8.88. The van der Waals surface area contributed by atoms with Gasteiger partial charge in [-0.3, -0.25) is 0 Å². The van der Waals surface area contributed by atoms with Crippen molar-refractivity contribution in [1.82, 2.24) is 0 Å². The summed E-state index contributed by atoms with van der Waals surface area (Å²) >= 11 is 0. The largest absolute Gasteiger partial charge is 0.388 e. The van der Waals surface area contributed by atoms with Crippen LogP contribution in [0.25, 0.3) is 0 Å². The van der Waals surface area contributed by atoms with Crippen molar-refractivity contribution < 1.29 is 39.7 Å². The molecule has 0 spiro atoms. The van der Waals surface area contributed by atoms with Crippen molar-refractivity contribution in [1.29, 1.82) is 0 Å². The fraction of sp³-hybridized carbons (Fsp3) is 1.00. The molecule has 0 bridgehead atoms. The van der Waals surface area contributed by atoms with Crippen LogP contribution >= 0.6 is 0 Å². The number of aliphatic hydroxyl groups is 5. The van der Waals surface area contributed by atoms with Crippen molar-refractivity contribution in [3.8, 4) is 0 Å². The van der Waals surface area contributed by atoms with Crippen LogP contribution in [0.5, 0.6) is 0 Å². The Morgan fingerprint density at radius 3 is 2.21 bits per heavy atom. The van der Waals surface area contributed by atoms with Crippen LogP contribution in [-0.4, -0.2) is 87.8 Å². The highest BCUT2D eigenvalue weighted by molar-refractivity contribution is 4.88. The lowest BCUT2D eigenvalue weighted by Gasteiger charge is -2.41. The minimum Gasteiger partial charge on any atom is -0.388 e. The second kappa shape index (κ2) is 5.98. The molecule has 0 amide bonds. The van der Waals surface area contributed by atoms with Crippen LogP contribution in [0.1, 0.15) is 6.92 Å². The van der Waals surface area contributed by atoms with Crippen molar-refractivity contribution in [3.63, 3.8) is 0 Å². The predicted octanol–water partition coefficient (Wildman–Crippen LogP) is -3.05. The Balaban J connectivity index is 1.94. The van der Waals surface area contributed by atoms with Gasteiger partial charge >= 0.3 is 0 Å². The number of rotatable bonds is 2. The maximum absolute atomic E-state index is 9.84. The van der Waals surface area contributed by atoms with Gasteiger partial charge in [-0.25, -0.2) is 0 Å². The van der Waals surface area contributed by atoms with Gasteiger partial charge in [-0.05, 0) is 6.92 Å². The molecular weight excluding hydrogens is 260 g/mol. The average molecular weight is 280 g/mol. The van der Waals surface area contributed by atoms with Gasteiger partial charge in [0.1, 0.15) is 36.6 Å². The van der Waals surface area contributed by atoms with Gasteiger partial charge in [0.05, 0.1) is 19.3 Å². The summed E-state index contributed by atoms with van der Waals surface area (Å²) in [6, 6.07) is 0. The summed E-state index contributed by atoms with van der Waals surface area (Å²) in [5.41, 5.74) is 0. The zero-order valence-corrected chi connectivity index (χ0v) is 10.5. The molecule has 19 heavy (non-hydrogen) atoms. The van der Waals surface area contributed by atoms with E-state index in [9.17, 15) is 25.5 Å². The Hall–Kier alpha value is -0.320. The first-order chi connectivity index (χ1) is 8.91. The molecule has 8 atom stereocenters. The molecule has 0 radical (unpaired) electrons. The summed E-state index contributed by atoms with van der Waals surface area (Å²) in [5, 5.41) is 48.0. The first kappa shape index (κ1) is 15.1. The highest BCUT2D eigenvalue weighted by Gasteiger charge is 2.43. The molecule has 0 saturated carbocycles. The molecule has 2 heterocycles. The zero-order chi connectivity index (χ0) is 14.2. The van der Waals surface area contributed by atoms with Crippen LogP contribution in [-0.2, 0) is 14.2 Å². The number of hydrogen-bond acceptors (Lipinski definition) is 8. The van der Waals surface area contributed by atoms with Crippen LogP contribution < -0.4 is 0 Å². The molecule has 0 aromatic heterocycles. The van der Waals surface area contributed by atoms with Gasteiger partial charge in [0.15, 0.2) is 6.29 Å². The topological polar surface area (TPSA) is 129 Å². The molecule has 0 aliphatic carbocycles. The third kappa shape index (κ3) is 3.06. The van der Waals surface area contributed by atoms with Crippen molar-refractivity contribution in [2.24, 2.45) is 0 Å². The van der Waals surface area contributed by atoms with E-state index in [0.717, 1.165) is 0 Å². The van der Waals surface area contributed by atoms with Gasteiger partial charge in [-0.2, -0.15) is 0 Å². The van der Waals surface area contributed by atoms with Crippen molar-refractivity contribution >= 4 is 0 Å². The highest BCUT2D eigenvalue weighted by Crippen LogP contribution is 2.23. The summed E-state index contributed by atoms with van der Waals surface area (Å²) in [7, 11) is 0. The molecule has 112 valence electrons. The molecule has 2 saturated heterocycles. The Labute approximate surface area is 110 Å². The van der Waals surface area contributed by atoms with Crippen molar-refractivity contribution in [3.05, 3.63) is 0 Å². The van der Waals surface area contributed by atoms with Gasteiger partial charge in [0.2, 0.25) is 0 Å². The molecule has 2 aliphatic rings. The average Bonchev–Trinajstić information content (AvgIpc) is 2.39. The Kier molecular flexibility index (Phi) is 4.75. The van der Waals surface area contributed by atoms with Crippen LogP contribution in [0, 0.1) is 0 Å². The van der Waals surface area contributed by atoms with E-state index in [2.05, 4.69) is 0 Å². The van der Waals surface area contributed by atoms with Gasteiger partial charge in [-0.15, -0.1) is 0 Å². The molecule has 0 aromatic carbocycles. The van der Waals surface area contributed by atoms with Gasteiger partial charge < -0.3 is 39.7 Å². The van der Waals surface area contributed by atoms with E-state index in [0.29, 0.717) is 0 Å². The third-order valence-electron chi connectivity index (χ3n) is 3.50. The van der Waals surface area contributed by atoms with Crippen molar-refractivity contribution in [2.75, 3.05) is 13.2 Å². The second-order valence-corrected chi connectivity index (χ2v) is 4.94. The van der Waals surface area contributed by atoms with Crippen LogP contribution in [0.4, 0.5) is 0 Å². The van der Waals surface area contributed by atoms with E-state index in [-0.39, 0.29) is 13.2 Å². The molecule has 8 nitrogen and oxygen atoms in total. The Morgan fingerprint density at radius 1 is 0.842 bits per heavy atom. The summed E-state index contributed by atoms with van der Waals surface area (Å²) in [5.74, 6) is 0. The summed E-state index contributed by atoms with van der Waals surface area (Å²) in [6.45, 7) is 1.46. The van der Waals surface area contributed by atoms with E-state index in [4.69, 9.17) is 14.2 Å². The first-order valence-corrected chi connectivity index (χ1v) is 6.21. The number of ether oxygens (including phenoxy) is 3. The van der Waals surface area contributed by atoms with Gasteiger partial charge in [-0.1, -0.05) is 0 Å². The second-order valence-electron chi connectivity index (χ2n) is 4.94. The molecule has 2 fully saturated rings. The lowest BCUT2D eigenvalue weighted by molar-refractivity contribution is -0.309. The van der Waals surface area contributed by atoms with Crippen LogP contribution in [0.3, 0.4) is 0 Å². The fourth-order valence-electron chi connectivity index (χ4n) is 2.13. The molecule has 8 heteroatoms. The number of hydrogen-bond donors (Lipinski definition) is 5. The maximum atomic E-state index is 9.84. The van der Waals surface area contributed by atoms with Crippen LogP contribution in [0.15, 0.2) is 0 Å². The quantitative estimate of drug-likeness (QED) is 0.361. The molecule has 5 N–H and O–H groups in total. The molecule has 0 aromatic rings.